The second-order valence-electron chi connectivity index (χ2n) is 6.94. The third kappa shape index (κ3) is 7.85. The molecule has 0 bridgehead atoms. The first-order valence-corrected chi connectivity index (χ1v) is 9.57. The van der Waals surface area contributed by atoms with Crippen molar-refractivity contribution in [3.8, 4) is 0 Å². The van der Waals surface area contributed by atoms with E-state index in [0.29, 0.717) is 5.57 Å². The zero-order valence-corrected chi connectivity index (χ0v) is 17.2. The molecule has 1 aliphatic carbocycles. The van der Waals surface area contributed by atoms with Gasteiger partial charge < -0.3 is 30.0 Å². The predicted molar refractivity (Wildman–Crippen MR) is 101 cm³/mol. The number of amides is 1. The Balaban J connectivity index is 2.80. The van der Waals surface area contributed by atoms with E-state index in [9.17, 15) is 14.4 Å². The van der Waals surface area contributed by atoms with Gasteiger partial charge in [0, 0.05) is 18.5 Å². The molecule has 1 rings (SSSR count). The number of nitrogens with one attached hydrogen (secondary N) is 1. The third-order valence-corrected chi connectivity index (χ3v) is 4.23. The average molecular weight is 400 g/mol. The molecule has 0 saturated carbocycles. The van der Waals surface area contributed by atoms with E-state index in [4.69, 9.17) is 24.7 Å². The van der Waals surface area contributed by atoms with Crippen LogP contribution in [0.15, 0.2) is 11.6 Å². The SMILES string of the molecule is CCC(CC)O[C@@H]1C=C(C(=O)OCOC(=O)OC(C)C)C[C@H](N)[C@H]1NC(C)=O. The van der Waals surface area contributed by atoms with Crippen molar-refractivity contribution in [1.29, 1.82) is 0 Å². The second-order valence-corrected chi connectivity index (χ2v) is 6.94. The summed E-state index contributed by atoms with van der Waals surface area (Å²) in [6.45, 7) is 8.18. The zero-order valence-electron chi connectivity index (χ0n) is 17.2. The second kappa shape index (κ2) is 11.7. The molecule has 9 nitrogen and oxygen atoms in total. The van der Waals surface area contributed by atoms with Crippen LogP contribution in [0.2, 0.25) is 0 Å². The molecule has 0 unspecified atom stereocenters. The van der Waals surface area contributed by atoms with Gasteiger partial charge in [-0.25, -0.2) is 9.59 Å². The number of carbonyl (C=O) groups is 3. The summed E-state index contributed by atoms with van der Waals surface area (Å²) < 4.78 is 20.5. The van der Waals surface area contributed by atoms with Crippen molar-refractivity contribution >= 4 is 18.0 Å². The van der Waals surface area contributed by atoms with Crippen LogP contribution in [0, 0.1) is 0 Å². The van der Waals surface area contributed by atoms with Gasteiger partial charge in [-0.15, -0.1) is 0 Å². The van der Waals surface area contributed by atoms with Gasteiger partial charge >= 0.3 is 12.1 Å². The lowest BCUT2D eigenvalue weighted by Gasteiger charge is -2.36. The predicted octanol–water partition coefficient (Wildman–Crippen LogP) is 1.78. The molecule has 0 fully saturated rings. The maximum absolute atomic E-state index is 12.3. The van der Waals surface area contributed by atoms with Gasteiger partial charge in [-0.2, -0.15) is 0 Å². The lowest BCUT2D eigenvalue weighted by molar-refractivity contribution is -0.149. The lowest BCUT2D eigenvalue weighted by atomic mass is 9.88. The van der Waals surface area contributed by atoms with E-state index in [-0.39, 0.29) is 24.5 Å². The molecule has 160 valence electrons. The fourth-order valence-corrected chi connectivity index (χ4v) is 2.85. The van der Waals surface area contributed by atoms with Crippen molar-refractivity contribution in [2.24, 2.45) is 5.73 Å². The molecule has 0 aromatic rings. The van der Waals surface area contributed by atoms with Crippen molar-refractivity contribution < 1.29 is 33.3 Å². The van der Waals surface area contributed by atoms with Crippen LogP contribution >= 0.6 is 0 Å². The molecule has 0 saturated heterocycles. The van der Waals surface area contributed by atoms with Gasteiger partial charge in [-0.3, -0.25) is 4.79 Å². The number of hydrogen-bond acceptors (Lipinski definition) is 8. The maximum atomic E-state index is 12.3. The highest BCUT2D eigenvalue weighted by atomic mass is 16.8. The van der Waals surface area contributed by atoms with Crippen LogP contribution in [-0.2, 0) is 28.5 Å². The van der Waals surface area contributed by atoms with Gasteiger partial charge in [0.25, 0.3) is 0 Å². The Labute approximate surface area is 165 Å². The van der Waals surface area contributed by atoms with Crippen molar-refractivity contribution in [3.63, 3.8) is 0 Å². The summed E-state index contributed by atoms with van der Waals surface area (Å²) in [5.41, 5.74) is 6.50. The average Bonchev–Trinajstić information content (AvgIpc) is 2.60. The van der Waals surface area contributed by atoms with Gasteiger partial charge in [0.15, 0.2) is 0 Å². The molecule has 1 aliphatic rings. The summed E-state index contributed by atoms with van der Waals surface area (Å²) >= 11 is 0. The molecule has 3 N–H and O–H groups in total. The van der Waals surface area contributed by atoms with Crippen molar-refractivity contribution in [2.75, 3.05) is 6.79 Å². The molecule has 1 amide bonds. The fourth-order valence-electron chi connectivity index (χ4n) is 2.85. The molecule has 28 heavy (non-hydrogen) atoms. The minimum Gasteiger partial charge on any atom is -0.431 e. The van der Waals surface area contributed by atoms with Crippen LogP contribution in [0.5, 0.6) is 0 Å². The minimum absolute atomic E-state index is 0.0331. The fraction of sp³-hybridized carbons (Fsp3) is 0.737. The molecule has 3 atom stereocenters. The molecule has 0 aromatic carbocycles. The van der Waals surface area contributed by atoms with Crippen molar-refractivity contribution in [3.05, 3.63) is 11.6 Å². The van der Waals surface area contributed by atoms with Crippen molar-refractivity contribution in [1.82, 2.24) is 5.32 Å². The molecule has 0 radical (unpaired) electrons. The Bertz CT molecular complexity index is 573. The number of carbonyl (C=O) groups excluding carboxylic acids is 3. The quantitative estimate of drug-likeness (QED) is 0.443. The van der Waals surface area contributed by atoms with Gasteiger partial charge in [0.2, 0.25) is 12.7 Å². The smallest absolute Gasteiger partial charge is 0.431 e. The van der Waals surface area contributed by atoms with E-state index in [0.717, 1.165) is 12.8 Å². The minimum atomic E-state index is -0.919. The van der Waals surface area contributed by atoms with Crippen LogP contribution in [0.25, 0.3) is 0 Å². The molecule has 0 spiro atoms. The monoisotopic (exact) mass is 400 g/mol. The van der Waals surface area contributed by atoms with E-state index in [2.05, 4.69) is 5.32 Å². The Morgan fingerprint density at radius 2 is 1.86 bits per heavy atom. The van der Waals surface area contributed by atoms with Gasteiger partial charge in [-0.1, -0.05) is 13.8 Å². The highest BCUT2D eigenvalue weighted by molar-refractivity contribution is 5.89. The number of ether oxygens (including phenoxy) is 4. The topological polar surface area (TPSA) is 126 Å². The van der Waals surface area contributed by atoms with E-state index in [1.54, 1.807) is 19.9 Å². The number of hydrogen-bond donors (Lipinski definition) is 2. The molecular formula is C19H32N2O7. The Hall–Kier alpha value is -2.13. The van der Waals surface area contributed by atoms with E-state index in [1.165, 1.54) is 6.92 Å². The Kier molecular flexibility index (Phi) is 9.95. The van der Waals surface area contributed by atoms with E-state index >= 15 is 0 Å². The first-order valence-electron chi connectivity index (χ1n) is 9.57. The largest absolute Gasteiger partial charge is 0.511 e. The molecule has 0 aliphatic heterocycles. The summed E-state index contributed by atoms with van der Waals surface area (Å²) in [6, 6.07) is -0.977. The van der Waals surface area contributed by atoms with Crippen molar-refractivity contribution in [2.45, 2.75) is 84.3 Å². The molecule has 0 heterocycles. The first kappa shape index (κ1) is 23.9. The van der Waals surface area contributed by atoms with E-state index in [1.807, 2.05) is 13.8 Å². The molecular weight excluding hydrogens is 368 g/mol. The van der Waals surface area contributed by atoms with Crippen LogP contribution in [0.3, 0.4) is 0 Å². The summed E-state index contributed by atoms with van der Waals surface area (Å²) in [6.07, 6.45) is 1.54. The van der Waals surface area contributed by atoms with Gasteiger partial charge in [-0.05, 0) is 39.2 Å². The van der Waals surface area contributed by atoms with Crippen LogP contribution in [0.4, 0.5) is 4.79 Å². The Morgan fingerprint density at radius 1 is 1.21 bits per heavy atom. The zero-order chi connectivity index (χ0) is 21.3. The van der Waals surface area contributed by atoms with E-state index < -0.39 is 37.1 Å². The highest BCUT2D eigenvalue weighted by Gasteiger charge is 2.36. The lowest BCUT2D eigenvalue weighted by Crippen LogP contribution is -2.57. The summed E-state index contributed by atoms with van der Waals surface area (Å²) in [5.74, 6) is -0.887. The summed E-state index contributed by atoms with van der Waals surface area (Å²) in [4.78, 5) is 35.2. The number of esters is 1. The third-order valence-electron chi connectivity index (χ3n) is 4.23. The first-order chi connectivity index (χ1) is 13.2. The van der Waals surface area contributed by atoms with Crippen LogP contribution < -0.4 is 11.1 Å². The normalized spacial score (nSPS) is 21.9. The maximum Gasteiger partial charge on any atom is 0.511 e. The summed E-state index contributed by atoms with van der Waals surface area (Å²) in [5, 5.41) is 2.80. The number of rotatable bonds is 9. The highest BCUT2D eigenvalue weighted by Crippen LogP contribution is 2.24. The van der Waals surface area contributed by atoms with Crippen LogP contribution in [0.1, 0.15) is 53.9 Å². The van der Waals surface area contributed by atoms with Gasteiger partial charge in [0.1, 0.15) is 0 Å². The Morgan fingerprint density at radius 3 is 2.39 bits per heavy atom. The molecule has 0 aromatic heterocycles. The van der Waals surface area contributed by atoms with Gasteiger partial charge in [0.05, 0.1) is 24.4 Å². The molecule has 9 heteroatoms. The standard InChI is InChI=1S/C19H32N2O7/c1-6-14(7-2)28-16-9-13(8-15(20)17(16)21-12(5)22)18(23)25-10-26-19(24)27-11(3)4/h9,11,14-17H,6-8,10,20H2,1-5H3,(H,21,22)/t15-,16+,17+/m0/s1. The van der Waals surface area contributed by atoms with Crippen LogP contribution in [-0.4, -0.2) is 55.2 Å². The summed E-state index contributed by atoms with van der Waals surface area (Å²) in [7, 11) is 0. The number of nitrogens with two attached hydrogens (primary N) is 1.